The standard InChI is InChI=1S/C18H15N3O2S2/c1-10-19-16-14(24-10)8-7-13-17(16)25-18(20-13)21-15(22)9-11-3-5-12(23-2)6-4-11/h3-8H,9H2,1-2H3,(H,20,21,22). The summed E-state index contributed by atoms with van der Waals surface area (Å²) >= 11 is 3.13. The maximum absolute atomic E-state index is 12.3. The van der Waals surface area contributed by atoms with Crippen molar-refractivity contribution >= 4 is 54.1 Å². The van der Waals surface area contributed by atoms with E-state index in [1.165, 1.54) is 11.3 Å². The predicted octanol–water partition coefficient (Wildman–Crippen LogP) is 4.40. The summed E-state index contributed by atoms with van der Waals surface area (Å²) in [5, 5.41) is 4.52. The van der Waals surface area contributed by atoms with Crippen LogP contribution in [0.5, 0.6) is 5.75 Å². The third-order valence-electron chi connectivity index (χ3n) is 3.79. The molecule has 4 rings (SSSR count). The number of nitrogens with one attached hydrogen (secondary N) is 1. The molecule has 0 saturated carbocycles. The monoisotopic (exact) mass is 369 g/mol. The second-order valence-corrected chi connectivity index (χ2v) is 7.82. The van der Waals surface area contributed by atoms with Gasteiger partial charge in [0.25, 0.3) is 0 Å². The number of rotatable bonds is 4. The minimum Gasteiger partial charge on any atom is -0.497 e. The largest absolute Gasteiger partial charge is 0.497 e. The zero-order valence-corrected chi connectivity index (χ0v) is 15.3. The minimum absolute atomic E-state index is 0.0880. The van der Waals surface area contributed by atoms with Crippen molar-refractivity contribution in [1.29, 1.82) is 0 Å². The summed E-state index contributed by atoms with van der Waals surface area (Å²) in [6.45, 7) is 2.00. The van der Waals surface area contributed by atoms with Crippen LogP contribution < -0.4 is 10.1 Å². The molecule has 2 heterocycles. The van der Waals surface area contributed by atoms with Gasteiger partial charge in [-0.05, 0) is 36.8 Å². The van der Waals surface area contributed by atoms with Crippen LogP contribution >= 0.6 is 22.7 Å². The van der Waals surface area contributed by atoms with Gasteiger partial charge < -0.3 is 10.1 Å². The van der Waals surface area contributed by atoms with E-state index in [2.05, 4.69) is 15.3 Å². The predicted molar refractivity (Wildman–Crippen MR) is 103 cm³/mol. The Hall–Kier alpha value is -2.51. The van der Waals surface area contributed by atoms with Gasteiger partial charge in [0.2, 0.25) is 5.91 Å². The SMILES string of the molecule is COc1ccc(CC(=O)Nc2nc3ccc4sc(C)nc4c3s2)cc1. The molecule has 0 atom stereocenters. The van der Waals surface area contributed by atoms with Crippen molar-refractivity contribution in [3.05, 3.63) is 47.0 Å². The number of hydrogen-bond acceptors (Lipinski definition) is 6. The Kier molecular flexibility index (Phi) is 4.10. The second-order valence-electron chi connectivity index (χ2n) is 5.59. The van der Waals surface area contributed by atoms with E-state index < -0.39 is 0 Å². The number of carbonyl (C=O) groups is 1. The number of nitrogens with zero attached hydrogens (tertiary/aromatic N) is 2. The fourth-order valence-corrected chi connectivity index (χ4v) is 4.51. The molecule has 0 spiro atoms. The first kappa shape index (κ1) is 16.0. The average Bonchev–Trinajstić information content (AvgIpc) is 3.17. The van der Waals surface area contributed by atoms with Crippen molar-refractivity contribution in [2.45, 2.75) is 13.3 Å². The Morgan fingerprint density at radius 3 is 2.68 bits per heavy atom. The molecular formula is C18H15N3O2S2. The van der Waals surface area contributed by atoms with E-state index in [0.717, 1.165) is 36.8 Å². The summed E-state index contributed by atoms with van der Waals surface area (Å²) in [6.07, 6.45) is 0.297. The lowest BCUT2D eigenvalue weighted by Crippen LogP contribution is -2.14. The van der Waals surface area contributed by atoms with E-state index in [0.29, 0.717) is 11.6 Å². The van der Waals surface area contributed by atoms with Crippen molar-refractivity contribution in [3.8, 4) is 5.75 Å². The second kappa shape index (κ2) is 6.42. The molecule has 0 unspecified atom stereocenters. The molecule has 1 N–H and O–H groups in total. The normalized spacial score (nSPS) is 11.1. The van der Waals surface area contributed by atoms with Gasteiger partial charge in [-0.25, -0.2) is 9.97 Å². The van der Waals surface area contributed by atoms with E-state index in [9.17, 15) is 4.79 Å². The van der Waals surface area contributed by atoms with Crippen LogP contribution in [0.25, 0.3) is 20.4 Å². The molecule has 0 bridgehead atoms. The Bertz CT molecular complexity index is 1070. The highest BCUT2D eigenvalue weighted by atomic mass is 32.1. The van der Waals surface area contributed by atoms with Gasteiger partial charge in [-0.1, -0.05) is 23.5 Å². The molecule has 0 aliphatic heterocycles. The van der Waals surface area contributed by atoms with Gasteiger partial charge in [0.05, 0.1) is 33.5 Å². The van der Waals surface area contributed by atoms with E-state index in [1.54, 1.807) is 18.4 Å². The molecule has 2 aromatic carbocycles. The average molecular weight is 369 g/mol. The Balaban J connectivity index is 1.55. The van der Waals surface area contributed by atoms with Gasteiger partial charge >= 0.3 is 0 Å². The van der Waals surface area contributed by atoms with E-state index >= 15 is 0 Å². The van der Waals surface area contributed by atoms with Crippen molar-refractivity contribution < 1.29 is 9.53 Å². The maximum Gasteiger partial charge on any atom is 0.230 e. The number of aryl methyl sites for hydroxylation is 1. The molecule has 0 saturated heterocycles. The van der Waals surface area contributed by atoms with Crippen LogP contribution in [0.4, 0.5) is 5.13 Å². The molecule has 0 fully saturated rings. The smallest absolute Gasteiger partial charge is 0.230 e. The number of aromatic nitrogens is 2. The lowest BCUT2D eigenvalue weighted by atomic mass is 10.1. The van der Waals surface area contributed by atoms with Crippen molar-refractivity contribution in [3.63, 3.8) is 0 Å². The number of methoxy groups -OCH3 is 1. The van der Waals surface area contributed by atoms with Gasteiger partial charge in [0.1, 0.15) is 11.3 Å². The number of carbonyl (C=O) groups excluding carboxylic acids is 1. The molecule has 0 radical (unpaired) electrons. The molecule has 25 heavy (non-hydrogen) atoms. The molecule has 0 aliphatic rings. The third-order valence-corrected chi connectivity index (χ3v) is 5.72. The topological polar surface area (TPSA) is 64.1 Å². The fraction of sp³-hybridized carbons (Fsp3) is 0.167. The maximum atomic E-state index is 12.3. The summed E-state index contributed by atoms with van der Waals surface area (Å²) in [6, 6.07) is 11.5. The van der Waals surface area contributed by atoms with E-state index in [1.807, 2.05) is 43.3 Å². The first-order valence-electron chi connectivity index (χ1n) is 7.72. The van der Waals surface area contributed by atoms with E-state index in [-0.39, 0.29) is 5.91 Å². The fourth-order valence-electron chi connectivity index (χ4n) is 2.63. The highest BCUT2D eigenvalue weighted by Gasteiger charge is 2.13. The summed E-state index contributed by atoms with van der Waals surface area (Å²) in [7, 11) is 1.62. The van der Waals surface area contributed by atoms with Crippen LogP contribution in [0.1, 0.15) is 10.6 Å². The van der Waals surface area contributed by atoms with Crippen LogP contribution in [-0.2, 0) is 11.2 Å². The van der Waals surface area contributed by atoms with Crippen LogP contribution in [0.15, 0.2) is 36.4 Å². The lowest BCUT2D eigenvalue weighted by Gasteiger charge is -2.03. The first-order valence-corrected chi connectivity index (χ1v) is 9.35. The van der Waals surface area contributed by atoms with Gasteiger partial charge in [-0.2, -0.15) is 0 Å². The summed E-state index contributed by atoms with van der Waals surface area (Å²) in [5.41, 5.74) is 2.76. The molecule has 2 aromatic heterocycles. The van der Waals surface area contributed by atoms with Crippen molar-refractivity contribution in [1.82, 2.24) is 9.97 Å². The lowest BCUT2D eigenvalue weighted by molar-refractivity contribution is -0.115. The zero-order valence-electron chi connectivity index (χ0n) is 13.7. The van der Waals surface area contributed by atoms with E-state index in [4.69, 9.17) is 4.74 Å². The quantitative estimate of drug-likeness (QED) is 0.579. The van der Waals surface area contributed by atoms with Gasteiger partial charge in [-0.3, -0.25) is 4.79 Å². The highest BCUT2D eigenvalue weighted by molar-refractivity contribution is 7.24. The summed E-state index contributed by atoms with van der Waals surface area (Å²) in [5.74, 6) is 0.688. The van der Waals surface area contributed by atoms with Gasteiger partial charge in [-0.15, -0.1) is 11.3 Å². The van der Waals surface area contributed by atoms with Crippen LogP contribution in [0.3, 0.4) is 0 Å². The first-order chi connectivity index (χ1) is 12.1. The number of anilines is 1. The molecule has 0 aliphatic carbocycles. The number of amides is 1. The molecule has 5 nitrogen and oxygen atoms in total. The van der Waals surface area contributed by atoms with Crippen molar-refractivity contribution in [2.75, 3.05) is 12.4 Å². The van der Waals surface area contributed by atoms with Gasteiger partial charge in [0, 0.05) is 0 Å². The molecule has 1 amide bonds. The molecular weight excluding hydrogens is 354 g/mol. The van der Waals surface area contributed by atoms with Crippen LogP contribution in [0, 0.1) is 6.92 Å². The number of benzene rings is 2. The number of thiazole rings is 2. The number of fused-ring (bicyclic) bond motifs is 3. The van der Waals surface area contributed by atoms with Crippen LogP contribution in [-0.4, -0.2) is 23.0 Å². The number of ether oxygens (including phenoxy) is 1. The zero-order chi connectivity index (χ0) is 17.4. The van der Waals surface area contributed by atoms with Crippen molar-refractivity contribution in [2.24, 2.45) is 0 Å². The summed E-state index contributed by atoms with van der Waals surface area (Å²) in [4.78, 5) is 21.4. The Labute approximate surface area is 152 Å². The Morgan fingerprint density at radius 2 is 1.92 bits per heavy atom. The minimum atomic E-state index is -0.0880. The van der Waals surface area contributed by atoms with Crippen LogP contribution in [0.2, 0.25) is 0 Å². The summed E-state index contributed by atoms with van der Waals surface area (Å²) < 4.78 is 7.29. The Morgan fingerprint density at radius 1 is 1.12 bits per heavy atom. The molecule has 126 valence electrons. The molecule has 7 heteroatoms. The van der Waals surface area contributed by atoms with Gasteiger partial charge in [0.15, 0.2) is 5.13 Å². The number of hydrogen-bond donors (Lipinski definition) is 1. The third kappa shape index (κ3) is 3.20. The molecule has 4 aromatic rings. The highest BCUT2D eigenvalue weighted by Crippen LogP contribution is 2.34.